The Bertz CT molecular complexity index is 442. The van der Waals surface area contributed by atoms with E-state index in [9.17, 15) is 0 Å². The van der Waals surface area contributed by atoms with Crippen molar-refractivity contribution < 1.29 is 0 Å². The number of rotatable bonds is 3. The normalized spacial score (nSPS) is 17.4. The first-order chi connectivity index (χ1) is 8.70. The molecule has 1 aliphatic heterocycles. The molecule has 1 fully saturated rings. The lowest BCUT2D eigenvalue weighted by molar-refractivity contribution is 0.243. The van der Waals surface area contributed by atoms with Crippen LogP contribution < -0.4 is 5.32 Å². The highest BCUT2D eigenvalue weighted by Crippen LogP contribution is 2.25. The molecule has 18 heavy (non-hydrogen) atoms. The van der Waals surface area contributed by atoms with Crippen LogP contribution in [-0.4, -0.2) is 30.6 Å². The molecule has 1 aromatic carbocycles. The van der Waals surface area contributed by atoms with Gasteiger partial charge in [-0.15, -0.1) is 6.42 Å². The molecule has 0 aromatic heterocycles. The predicted octanol–water partition coefficient (Wildman–Crippen LogP) is 3.27. The zero-order valence-corrected chi connectivity index (χ0v) is 12.3. The molecule has 2 nitrogen and oxygen atoms in total. The van der Waals surface area contributed by atoms with E-state index < -0.39 is 0 Å². The molecule has 0 atom stereocenters. The molecule has 0 radical (unpaired) electrons. The summed E-state index contributed by atoms with van der Waals surface area (Å²) in [6, 6.07) is 6.86. The van der Waals surface area contributed by atoms with Crippen LogP contribution in [0.3, 0.4) is 0 Å². The van der Waals surface area contributed by atoms with Gasteiger partial charge < -0.3 is 5.32 Å². The minimum atomic E-state index is 0.562. The van der Waals surface area contributed by atoms with E-state index in [2.05, 4.69) is 57.2 Å². The van der Waals surface area contributed by atoms with Crippen molar-refractivity contribution >= 4 is 21.6 Å². The molecular weight excluding hydrogens is 288 g/mol. The van der Waals surface area contributed by atoms with Crippen LogP contribution in [0.2, 0.25) is 0 Å². The number of benzene rings is 1. The van der Waals surface area contributed by atoms with Gasteiger partial charge in [-0.1, -0.05) is 27.9 Å². The maximum Gasteiger partial charge on any atom is 0.0598 e. The van der Waals surface area contributed by atoms with Crippen molar-refractivity contribution in [3.8, 4) is 12.3 Å². The summed E-state index contributed by atoms with van der Waals surface area (Å²) in [5, 5.41) is 3.64. The molecular formula is C15H19BrN2. The van der Waals surface area contributed by atoms with Crippen molar-refractivity contribution in [3.63, 3.8) is 0 Å². The number of anilines is 1. The Hall–Kier alpha value is -0.980. The molecule has 3 heteroatoms. The summed E-state index contributed by atoms with van der Waals surface area (Å²) < 4.78 is 1.16. The maximum absolute atomic E-state index is 5.34. The average Bonchev–Trinajstić information content (AvgIpc) is 2.38. The van der Waals surface area contributed by atoms with Crippen LogP contribution in [0.4, 0.5) is 5.69 Å². The quantitative estimate of drug-likeness (QED) is 0.862. The summed E-state index contributed by atoms with van der Waals surface area (Å²) in [5.74, 6) is 2.72. The van der Waals surface area contributed by atoms with E-state index >= 15 is 0 Å². The fourth-order valence-electron chi connectivity index (χ4n) is 2.35. The zero-order valence-electron chi connectivity index (χ0n) is 10.7. The van der Waals surface area contributed by atoms with Gasteiger partial charge in [-0.05, 0) is 37.5 Å². The van der Waals surface area contributed by atoms with Gasteiger partial charge in [-0.3, -0.25) is 4.90 Å². The summed E-state index contributed by atoms with van der Waals surface area (Å²) in [4.78, 5) is 2.34. The van der Waals surface area contributed by atoms with E-state index in [0.29, 0.717) is 6.04 Å². The van der Waals surface area contributed by atoms with Crippen LogP contribution in [-0.2, 0) is 0 Å². The minimum Gasteiger partial charge on any atom is -0.382 e. The molecule has 0 saturated carbocycles. The molecule has 96 valence electrons. The second-order valence-corrected chi connectivity index (χ2v) is 5.67. The van der Waals surface area contributed by atoms with Gasteiger partial charge in [-0.25, -0.2) is 0 Å². The third-order valence-electron chi connectivity index (χ3n) is 3.53. The molecule has 0 spiro atoms. The number of halogens is 1. The van der Waals surface area contributed by atoms with Crippen molar-refractivity contribution in [1.29, 1.82) is 0 Å². The lowest BCUT2D eigenvalue weighted by Gasteiger charge is -2.32. The number of nitrogens with zero attached hydrogens (tertiary/aromatic N) is 1. The van der Waals surface area contributed by atoms with Gasteiger partial charge in [0.05, 0.1) is 6.54 Å². The van der Waals surface area contributed by atoms with Gasteiger partial charge in [0.15, 0.2) is 0 Å². The Labute approximate surface area is 118 Å². The Morgan fingerprint density at radius 2 is 2.17 bits per heavy atom. The van der Waals surface area contributed by atoms with Gasteiger partial charge >= 0.3 is 0 Å². The third kappa shape index (κ3) is 3.28. The molecule has 0 bridgehead atoms. The van der Waals surface area contributed by atoms with Gasteiger partial charge in [0, 0.05) is 29.3 Å². The van der Waals surface area contributed by atoms with Crippen molar-refractivity contribution in [2.75, 3.05) is 25.0 Å². The van der Waals surface area contributed by atoms with Crippen LogP contribution in [0.25, 0.3) is 0 Å². The first-order valence-corrected chi connectivity index (χ1v) is 7.17. The van der Waals surface area contributed by atoms with Crippen LogP contribution in [0.1, 0.15) is 18.4 Å². The Morgan fingerprint density at radius 1 is 1.44 bits per heavy atom. The standard InChI is InChI=1S/C15H19BrN2/c1-3-9-18-10-7-13(8-11-18)17-15-6-4-5-14(16)12(15)2/h1,4-6,13,17H,7-11H2,2H3. The fourth-order valence-corrected chi connectivity index (χ4v) is 2.71. The van der Waals surface area contributed by atoms with Crippen LogP contribution in [0.15, 0.2) is 22.7 Å². The van der Waals surface area contributed by atoms with E-state index in [4.69, 9.17) is 6.42 Å². The first-order valence-electron chi connectivity index (χ1n) is 6.38. The number of nitrogens with one attached hydrogen (secondary N) is 1. The highest BCUT2D eigenvalue weighted by molar-refractivity contribution is 9.10. The minimum absolute atomic E-state index is 0.562. The summed E-state index contributed by atoms with van der Waals surface area (Å²) in [7, 11) is 0. The number of hydrogen-bond donors (Lipinski definition) is 1. The second-order valence-electron chi connectivity index (χ2n) is 4.81. The third-order valence-corrected chi connectivity index (χ3v) is 4.39. The number of terminal acetylenes is 1. The Balaban J connectivity index is 1.92. The summed E-state index contributed by atoms with van der Waals surface area (Å²) in [5.41, 5.74) is 2.52. The van der Waals surface area contributed by atoms with Crippen LogP contribution in [0, 0.1) is 19.3 Å². The van der Waals surface area contributed by atoms with E-state index in [0.717, 1.165) is 36.9 Å². The molecule has 1 N–H and O–H groups in total. The average molecular weight is 307 g/mol. The smallest absolute Gasteiger partial charge is 0.0598 e. The van der Waals surface area contributed by atoms with Crippen molar-refractivity contribution in [2.24, 2.45) is 0 Å². The summed E-state index contributed by atoms with van der Waals surface area (Å²) in [6.07, 6.45) is 7.66. The highest BCUT2D eigenvalue weighted by Gasteiger charge is 2.18. The Morgan fingerprint density at radius 3 is 2.83 bits per heavy atom. The van der Waals surface area contributed by atoms with Crippen molar-refractivity contribution in [2.45, 2.75) is 25.8 Å². The van der Waals surface area contributed by atoms with Gasteiger partial charge in [0.1, 0.15) is 0 Å². The topological polar surface area (TPSA) is 15.3 Å². The van der Waals surface area contributed by atoms with Gasteiger partial charge in [0.25, 0.3) is 0 Å². The fraction of sp³-hybridized carbons (Fsp3) is 0.467. The van der Waals surface area contributed by atoms with Crippen LogP contribution in [0.5, 0.6) is 0 Å². The molecule has 1 aromatic rings. The Kier molecular flexibility index (Phi) is 4.68. The summed E-state index contributed by atoms with van der Waals surface area (Å²) >= 11 is 3.57. The van der Waals surface area contributed by atoms with E-state index in [-0.39, 0.29) is 0 Å². The van der Waals surface area contributed by atoms with E-state index in [1.165, 1.54) is 11.3 Å². The maximum atomic E-state index is 5.34. The lowest BCUT2D eigenvalue weighted by Crippen LogP contribution is -2.39. The van der Waals surface area contributed by atoms with E-state index in [1.54, 1.807) is 0 Å². The molecule has 2 rings (SSSR count). The second kappa shape index (κ2) is 6.26. The molecule has 0 amide bonds. The SMILES string of the molecule is C#CCN1CCC(Nc2cccc(Br)c2C)CC1. The van der Waals surface area contributed by atoms with Gasteiger partial charge in [-0.2, -0.15) is 0 Å². The highest BCUT2D eigenvalue weighted by atomic mass is 79.9. The molecule has 1 aliphatic rings. The summed E-state index contributed by atoms with van der Waals surface area (Å²) in [6.45, 7) is 5.10. The number of piperidine rings is 1. The number of hydrogen-bond acceptors (Lipinski definition) is 2. The lowest BCUT2D eigenvalue weighted by atomic mass is 10.0. The molecule has 0 unspecified atom stereocenters. The molecule has 1 saturated heterocycles. The predicted molar refractivity (Wildman–Crippen MR) is 80.8 cm³/mol. The van der Waals surface area contributed by atoms with E-state index in [1.807, 2.05) is 0 Å². The molecule has 0 aliphatic carbocycles. The largest absolute Gasteiger partial charge is 0.382 e. The number of likely N-dealkylation sites (tertiary alicyclic amines) is 1. The zero-order chi connectivity index (χ0) is 13.0. The van der Waals surface area contributed by atoms with Gasteiger partial charge in [0.2, 0.25) is 0 Å². The molecule has 1 heterocycles. The van der Waals surface area contributed by atoms with Crippen molar-refractivity contribution in [3.05, 3.63) is 28.2 Å². The monoisotopic (exact) mass is 306 g/mol. The van der Waals surface area contributed by atoms with Crippen LogP contribution >= 0.6 is 15.9 Å². The van der Waals surface area contributed by atoms with Crippen molar-refractivity contribution in [1.82, 2.24) is 4.90 Å². The first kappa shape index (κ1) is 13.5.